The van der Waals surface area contributed by atoms with E-state index in [9.17, 15) is 28.8 Å². The van der Waals surface area contributed by atoms with Crippen LogP contribution in [0.5, 0.6) is 5.75 Å². The summed E-state index contributed by atoms with van der Waals surface area (Å²) < 4.78 is 22.8. The predicted octanol–water partition coefficient (Wildman–Crippen LogP) is 4.25. The van der Waals surface area contributed by atoms with Crippen molar-refractivity contribution >= 4 is 75.2 Å². The molecule has 2 aromatic heterocycles. The van der Waals surface area contributed by atoms with E-state index in [-0.39, 0.29) is 64.9 Å². The standard InChI is InChI=1S/C45H50ClFN10O7/c1-25(2)56-32-7-4-28(18-27(32)19-34(42(56)62)64-22-36(59)48-3)50-39-30(46)20-49-44(52-39)54-16-14-53(15-17-54)21-26-10-12-45(13-11-26)23-55(24-45)38-31(47)6-5-29-37(38)43(63)57(41(29)61)33-8-9-35(58)51-40(33)60/h4-7,18-20,25-26,33H,8-17,21-24H2,1-3H3,(H,48,59)(H,49,50,52)(H,51,58,60). The number of nitrogens with zero attached hydrogens (tertiary/aromatic N) is 7. The summed E-state index contributed by atoms with van der Waals surface area (Å²) in [5.74, 6) is -1.80. The summed E-state index contributed by atoms with van der Waals surface area (Å²) in [6.07, 6.45) is 5.68. The quantitative estimate of drug-likeness (QED) is 0.181. The summed E-state index contributed by atoms with van der Waals surface area (Å²) in [5.41, 5.74) is 1.31. The number of piperazine rings is 1. The van der Waals surface area contributed by atoms with Crippen molar-refractivity contribution in [2.75, 3.05) is 74.6 Å². The van der Waals surface area contributed by atoms with Crippen LogP contribution in [0, 0.1) is 17.2 Å². The van der Waals surface area contributed by atoms with Gasteiger partial charge in [0.1, 0.15) is 16.9 Å². The first-order chi connectivity index (χ1) is 30.7. The molecule has 0 bridgehead atoms. The lowest BCUT2D eigenvalue weighted by molar-refractivity contribution is -0.136. The molecule has 2 aromatic carbocycles. The Kier molecular flexibility index (Phi) is 11.5. The Morgan fingerprint density at radius 3 is 2.44 bits per heavy atom. The monoisotopic (exact) mass is 896 g/mol. The van der Waals surface area contributed by atoms with Gasteiger partial charge in [-0.15, -0.1) is 0 Å². The van der Waals surface area contributed by atoms with E-state index in [1.54, 1.807) is 16.8 Å². The summed E-state index contributed by atoms with van der Waals surface area (Å²) >= 11 is 6.60. The molecule has 64 heavy (non-hydrogen) atoms. The molecular formula is C45H50ClFN10O7. The van der Waals surface area contributed by atoms with Gasteiger partial charge < -0.3 is 29.7 Å². The number of halogens is 2. The highest BCUT2D eigenvalue weighted by molar-refractivity contribution is 6.33. The van der Waals surface area contributed by atoms with Gasteiger partial charge >= 0.3 is 0 Å². The summed E-state index contributed by atoms with van der Waals surface area (Å²) in [6, 6.07) is 8.49. The molecule has 4 fully saturated rings. The summed E-state index contributed by atoms with van der Waals surface area (Å²) in [5, 5.41) is 9.11. The zero-order chi connectivity index (χ0) is 45.0. The number of hydrogen-bond donors (Lipinski definition) is 3. The van der Waals surface area contributed by atoms with Gasteiger partial charge in [0.2, 0.25) is 17.8 Å². The van der Waals surface area contributed by atoms with Gasteiger partial charge in [0.05, 0.1) is 28.5 Å². The minimum Gasteiger partial charge on any atom is -0.478 e. The molecule has 0 radical (unpaired) electrons. The Labute approximate surface area is 373 Å². The van der Waals surface area contributed by atoms with E-state index in [0.717, 1.165) is 74.2 Å². The normalized spacial score (nSPS) is 20.2. The summed E-state index contributed by atoms with van der Waals surface area (Å²) in [7, 11) is 1.50. The fourth-order valence-electron chi connectivity index (χ4n) is 9.99. The topological polar surface area (TPSA) is 191 Å². The number of carbonyl (C=O) groups is 5. The number of hydrogen-bond acceptors (Lipinski definition) is 13. The van der Waals surface area contributed by atoms with Gasteiger partial charge in [0, 0.05) is 81.8 Å². The highest BCUT2D eigenvalue weighted by atomic mass is 35.5. The van der Waals surface area contributed by atoms with Crippen LogP contribution >= 0.6 is 11.6 Å². The largest absolute Gasteiger partial charge is 0.478 e. The number of amides is 5. The smallest absolute Gasteiger partial charge is 0.293 e. The van der Waals surface area contributed by atoms with Crippen LogP contribution in [-0.4, -0.2) is 119 Å². The minimum atomic E-state index is -1.11. The van der Waals surface area contributed by atoms with Gasteiger partial charge in [-0.25, -0.2) is 9.37 Å². The lowest BCUT2D eigenvalue weighted by Gasteiger charge is -2.55. The van der Waals surface area contributed by atoms with Crippen LogP contribution in [-0.2, 0) is 14.4 Å². The molecule has 336 valence electrons. The lowest BCUT2D eigenvalue weighted by Crippen LogP contribution is -2.59. The second-order valence-electron chi connectivity index (χ2n) is 17.9. The van der Waals surface area contributed by atoms with Gasteiger partial charge in [-0.1, -0.05) is 11.6 Å². The SMILES string of the molecule is CNC(=O)COc1cc2cc(Nc3nc(N4CCN(CC5CCC6(CC5)CN(c5c(F)ccc7c5C(=O)N(C5CCC(=O)NC5=O)C7=O)C6)CC4)ncc3Cl)ccc2n(C(C)C)c1=O. The second-order valence-corrected chi connectivity index (χ2v) is 18.3. The maximum atomic E-state index is 15.5. The molecule has 17 nitrogen and oxygen atoms in total. The Bertz CT molecular complexity index is 2630. The average molecular weight is 897 g/mol. The molecule has 1 saturated carbocycles. The Balaban J connectivity index is 0.786. The number of anilines is 4. The number of imide groups is 2. The van der Waals surface area contributed by atoms with E-state index in [4.69, 9.17) is 21.3 Å². The minimum absolute atomic E-state index is 0.000806. The number of nitrogens with one attached hydrogen (secondary N) is 3. The van der Waals surface area contributed by atoms with E-state index < -0.39 is 35.5 Å². The van der Waals surface area contributed by atoms with E-state index in [1.165, 1.54) is 19.2 Å². The molecule has 9 rings (SSSR count). The van der Waals surface area contributed by atoms with E-state index in [1.807, 2.05) is 36.9 Å². The van der Waals surface area contributed by atoms with Crippen molar-refractivity contribution in [1.82, 2.24) is 35.0 Å². The third-order valence-electron chi connectivity index (χ3n) is 13.4. The van der Waals surface area contributed by atoms with Crippen LogP contribution in [0.2, 0.25) is 5.02 Å². The maximum Gasteiger partial charge on any atom is 0.293 e. The molecular weight excluding hydrogens is 847 g/mol. The summed E-state index contributed by atoms with van der Waals surface area (Å²) in [4.78, 5) is 93.2. The number of piperidine rings is 1. The van der Waals surface area contributed by atoms with E-state index >= 15 is 4.39 Å². The average Bonchev–Trinajstić information content (AvgIpc) is 3.51. The number of fused-ring (bicyclic) bond motifs is 2. The molecule has 5 amide bonds. The Morgan fingerprint density at radius 1 is 0.984 bits per heavy atom. The van der Waals surface area contributed by atoms with E-state index in [0.29, 0.717) is 41.5 Å². The van der Waals surface area contributed by atoms with Crippen molar-refractivity contribution in [3.8, 4) is 5.75 Å². The number of benzene rings is 2. The number of aromatic nitrogens is 3. The fraction of sp³-hybridized carbons (Fsp3) is 0.467. The maximum absolute atomic E-state index is 15.5. The van der Waals surface area contributed by atoms with Crippen molar-refractivity contribution < 1.29 is 33.1 Å². The first-order valence-electron chi connectivity index (χ1n) is 21.8. The zero-order valence-electron chi connectivity index (χ0n) is 35.9. The van der Waals surface area contributed by atoms with Gasteiger partial charge in [-0.3, -0.25) is 43.9 Å². The molecule has 5 aliphatic rings. The molecule has 6 heterocycles. The fourth-order valence-corrected chi connectivity index (χ4v) is 10.1. The molecule has 3 N–H and O–H groups in total. The zero-order valence-corrected chi connectivity index (χ0v) is 36.7. The second kappa shape index (κ2) is 17.1. The van der Waals surface area contributed by atoms with Crippen molar-refractivity contribution in [2.24, 2.45) is 11.3 Å². The first kappa shape index (κ1) is 43.1. The van der Waals surface area contributed by atoms with Gasteiger partial charge in [0.25, 0.3) is 23.3 Å². The number of rotatable bonds is 11. The van der Waals surface area contributed by atoms with Crippen LogP contribution < -0.4 is 36.0 Å². The van der Waals surface area contributed by atoms with Crippen molar-refractivity contribution in [2.45, 2.75) is 64.5 Å². The molecule has 4 aliphatic heterocycles. The molecule has 1 aliphatic carbocycles. The molecule has 1 spiro atoms. The van der Waals surface area contributed by atoms with Crippen LogP contribution in [0.25, 0.3) is 10.9 Å². The number of ether oxygens (including phenoxy) is 1. The molecule has 1 unspecified atom stereocenters. The molecule has 19 heteroatoms. The number of pyridine rings is 1. The van der Waals surface area contributed by atoms with E-state index in [2.05, 4.69) is 30.7 Å². The van der Waals surface area contributed by atoms with Crippen LogP contribution in [0.4, 0.5) is 27.5 Å². The van der Waals surface area contributed by atoms with Gasteiger partial charge in [-0.05, 0) is 88.3 Å². The summed E-state index contributed by atoms with van der Waals surface area (Å²) in [6.45, 7) is 8.86. The van der Waals surface area contributed by atoms with Crippen molar-refractivity contribution in [3.05, 3.63) is 74.9 Å². The Morgan fingerprint density at radius 2 is 1.73 bits per heavy atom. The lowest BCUT2D eigenvalue weighted by atomic mass is 9.65. The van der Waals surface area contributed by atoms with Crippen LogP contribution in [0.15, 0.2) is 47.4 Å². The molecule has 1 atom stereocenters. The van der Waals surface area contributed by atoms with Crippen LogP contribution in [0.1, 0.15) is 79.1 Å². The molecule has 4 aromatic rings. The van der Waals surface area contributed by atoms with Crippen molar-refractivity contribution in [3.63, 3.8) is 0 Å². The number of likely N-dealkylation sites (N-methyl/N-ethyl adjacent to an activating group) is 1. The highest BCUT2D eigenvalue weighted by Gasteiger charge is 2.51. The third kappa shape index (κ3) is 8.01. The van der Waals surface area contributed by atoms with Crippen LogP contribution in [0.3, 0.4) is 0 Å². The predicted molar refractivity (Wildman–Crippen MR) is 237 cm³/mol. The van der Waals surface area contributed by atoms with Crippen molar-refractivity contribution in [1.29, 1.82) is 0 Å². The molecule has 3 saturated heterocycles. The third-order valence-corrected chi connectivity index (χ3v) is 13.7. The highest BCUT2D eigenvalue weighted by Crippen LogP contribution is 2.49. The Hall–Kier alpha value is -6.14. The van der Waals surface area contributed by atoms with Gasteiger partial charge in [0.15, 0.2) is 18.2 Å². The van der Waals surface area contributed by atoms with Gasteiger partial charge in [-0.2, -0.15) is 4.98 Å². The number of carbonyl (C=O) groups excluding carboxylic acids is 5. The first-order valence-corrected chi connectivity index (χ1v) is 22.2.